The number of benzene rings is 1. The van der Waals surface area contributed by atoms with E-state index in [-0.39, 0.29) is 0 Å². The van der Waals surface area contributed by atoms with Crippen LogP contribution in [0.1, 0.15) is 38.5 Å². The predicted molar refractivity (Wildman–Crippen MR) is 106 cm³/mol. The third-order valence-electron chi connectivity index (χ3n) is 6.39. The van der Waals surface area contributed by atoms with Gasteiger partial charge >= 0.3 is 0 Å². The van der Waals surface area contributed by atoms with Gasteiger partial charge in [0.15, 0.2) is 0 Å². The summed E-state index contributed by atoms with van der Waals surface area (Å²) in [5, 5.41) is 13.7. The minimum atomic E-state index is 0.704. The molecular formula is C21H28N6. The number of rotatable bonds is 5. The summed E-state index contributed by atoms with van der Waals surface area (Å²) in [6, 6.07) is 6.43. The summed E-state index contributed by atoms with van der Waals surface area (Å²) in [6.07, 6.45) is 14.0. The van der Waals surface area contributed by atoms with E-state index in [1.807, 2.05) is 10.8 Å². The number of aromatic nitrogens is 5. The van der Waals surface area contributed by atoms with Crippen LogP contribution in [-0.2, 0) is 6.54 Å². The summed E-state index contributed by atoms with van der Waals surface area (Å²) in [7, 11) is 0. The molecule has 27 heavy (non-hydrogen) atoms. The van der Waals surface area contributed by atoms with Crippen molar-refractivity contribution in [3.05, 3.63) is 37.1 Å². The van der Waals surface area contributed by atoms with Crippen molar-refractivity contribution in [1.82, 2.24) is 29.4 Å². The highest BCUT2D eigenvalue weighted by atomic mass is 15.3. The maximum Gasteiger partial charge on any atom is 0.123 e. The average Bonchev–Trinajstić information content (AvgIpc) is 3.45. The Bertz CT molecular complexity index is 877. The van der Waals surface area contributed by atoms with Gasteiger partial charge in [0.1, 0.15) is 12.7 Å². The van der Waals surface area contributed by atoms with E-state index in [4.69, 9.17) is 0 Å². The molecule has 5 rings (SSSR count). The van der Waals surface area contributed by atoms with Gasteiger partial charge in [0, 0.05) is 25.0 Å². The fraction of sp³-hybridized carbons (Fsp3) is 0.571. The number of fused-ring (bicyclic) bond motifs is 1. The molecule has 6 nitrogen and oxygen atoms in total. The molecule has 1 aliphatic heterocycles. The van der Waals surface area contributed by atoms with Gasteiger partial charge in [-0.25, -0.2) is 0 Å². The maximum absolute atomic E-state index is 4.68. The monoisotopic (exact) mass is 364 g/mol. The third-order valence-corrected chi connectivity index (χ3v) is 6.39. The maximum atomic E-state index is 4.68. The zero-order valence-electron chi connectivity index (χ0n) is 15.9. The molecule has 0 radical (unpaired) electrons. The van der Waals surface area contributed by atoms with Crippen LogP contribution in [0, 0.1) is 11.8 Å². The first-order valence-corrected chi connectivity index (χ1v) is 10.4. The van der Waals surface area contributed by atoms with Crippen LogP contribution < -0.4 is 0 Å². The number of nitrogens with zero attached hydrogens (tertiary/aromatic N) is 6. The average molecular weight is 364 g/mol. The van der Waals surface area contributed by atoms with Crippen molar-refractivity contribution in [2.45, 2.75) is 45.1 Å². The summed E-state index contributed by atoms with van der Waals surface area (Å²) >= 11 is 0. The van der Waals surface area contributed by atoms with Gasteiger partial charge in [-0.1, -0.05) is 19.3 Å². The van der Waals surface area contributed by atoms with Crippen LogP contribution in [0.4, 0.5) is 0 Å². The molecule has 2 fully saturated rings. The Balaban J connectivity index is 1.27. The molecule has 1 aromatic carbocycles. The van der Waals surface area contributed by atoms with Gasteiger partial charge in [-0.2, -0.15) is 5.10 Å². The van der Waals surface area contributed by atoms with Crippen LogP contribution in [0.15, 0.2) is 37.1 Å². The number of hydrogen-bond donors (Lipinski definition) is 0. The van der Waals surface area contributed by atoms with Crippen LogP contribution in [-0.4, -0.2) is 49.1 Å². The van der Waals surface area contributed by atoms with Crippen LogP contribution in [0.5, 0.6) is 0 Å². The topological polar surface area (TPSA) is 51.8 Å². The van der Waals surface area contributed by atoms with E-state index in [9.17, 15) is 0 Å². The largest absolute Gasteiger partial charge is 0.303 e. The summed E-state index contributed by atoms with van der Waals surface area (Å²) in [6.45, 7) is 4.81. The molecule has 1 saturated heterocycles. The molecule has 2 aromatic heterocycles. The lowest BCUT2D eigenvalue weighted by atomic mass is 9.89. The molecule has 6 heteroatoms. The minimum absolute atomic E-state index is 0.704. The van der Waals surface area contributed by atoms with Gasteiger partial charge in [0.2, 0.25) is 0 Å². The Labute approximate surface area is 160 Å². The molecule has 0 amide bonds. The Morgan fingerprint density at radius 3 is 2.63 bits per heavy atom. The standard InChI is InChI=1S/C21H28N6/c1-2-4-17(5-3-1)12-25-9-8-18(13-25)14-27-21-10-20(26-15-22-23-16-26)7-6-19(21)11-24-27/h6-7,10-11,15-18H,1-5,8-9,12-14H2. The Kier molecular flexibility index (Phi) is 4.66. The fourth-order valence-electron chi connectivity index (χ4n) is 4.91. The highest BCUT2D eigenvalue weighted by molar-refractivity contribution is 5.80. The highest BCUT2D eigenvalue weighted by Crippen LogP contribution is 2.28. The van der Waals surface area contributed by atoms with E-state index in [2.05, 4.69) is 43.1 Å². The van der Waals surface area contributed by atoms with Gasteiger partial charge in [0.25, 0.3) is 0 Å². The molecule has 0 spiro atoms. The second-order valence-electron chi connectivity index (χ2n) is 8.36. The quantitative estimate of drug-likeness (QED) is 0.695. The SMILES string of the molecule is c1cc2cnn(CC3CCN(CC4CCCCC4)C3)c2cc1-n1cnnc1. The van der Waals surface area contributed by atoms with Crippen molar-refractivity contribution >= 4 is 10.9 Å². The van der Waals surface area contributed by atoms with Gasteiger partial charge < -0.3 is 4.90 Å². The normalized spacial score (nSPS) is 22.0. The van der Waals surface area contributed by atoms with Crippen LogP contribution in [0.25, 0.3) is 16.6 Å². The van der Waals surface area contributed by atoms with Gasteiger partial charge in [-0.05, 0) is 55.8 Å². The predicted octanol–water partition coefficient (Wildman–Crippen LogP) is 3.52. The molecule has 0 bridgehead atoms. The summed E-state index contributed by atoms with van der Waals surface area (Å²) in [5.74, 6) is 1.64. The first-order chi connectivity index (χ1) is 13.3. The van der Waals surface area contributed by atoms with Crippen LogP contribution in [0.3, 0.4) is 0 Å². The van der Waals surface area contributed by atoms with E-state index >= 15 is 0 Å². The smallest absolute Gasteiger partial charge is 0.123 e. The Morgan fingerprint density at radius 2 is 1.78 bits per heavy atom. The molecule has 1 aliphatic carbocycles. The summed E-state index contributed by atoms with van der Waals surface area (Å²) in [4.78, 5) is 2.70. The first-order valence-electron chi connectivity index (χ1n) is 10.4. The molecule has 3 aromatic rings. The van der Waals surface area contributed by atoms with Crippen molar-refractivity contribution in [3.63, 3.8) is 0 Å². The van der Waals surface area contributed by atoms with Crippen molar-refractivity contribution < 1.29 is 0 Å². The zero-order valence-corrected chi connectivity index (χ0v) is 15.9. The van der Waals surface area contributed by atoms with E-state index in [1.165, 1.54) is 69.1 Å². The van der Waals surface area contributed by atoms with Crippen molar-refractivity contribution in [1.29, 1.82) is 0 Å². The van der Waals surface area contributed by atoms with Crippen LogP contribution in [0.2, 0.25) is 0 Å². The van der Waals surface area contributed by atoms with Crippen LogP contribution >= 0.6 is 0 Å². The van der Waals surface area contributed by atoms with Crippen molar-refractivity contribution in [2.24, 2.45) is 11.8 Å². The van der Waals surface area contributed by atoms with E-state index in [1.54, 1.807) is 12.7 Å². The Hall–Kier alpha value is -2.21. The second-order valence-corrected chi connectivity index (χ2v) is 8.36. The second kappa shape index (κ2) is 7.43. The van der Waals surface area contributed by atoms with E-state index < -0.39 is 0 Å². The number of hydrogen-bond acceptors (Lipinski definition) is 4. The van der Waals surface area contributed by atoms with Crippen molar-refractivity contribution in [2.75, 3.05) is 19.6 Å². The third kappa shape index (κ3) is 3.63. The molecular weight excluding hydrogens is 336 g/mol. The Morgan fingerprint density at radius 1 is 0.926 bits per heavy atom. The molecule has 1 unspecified atom stereocenters. The molecule has 2 aliphatic rings. The fourth-order valence-corrected chi connectivity index (χ4v) is 4.91. The molecule has 142 valence electrons. The molecule has 3 heterocycles. The minimum Gasteiger partial charge on any atom is -0.303 e. The molecule has 1 atom stereocenters. The molecule has 1 saturated carbocycles. The lowest BCUT2D eigenvalue weighted by Gasteiger charge is -2.26. The molecule has 0 N–H and O–H groups in total. The van der Waals surface area contributed by atoms with Gasteiger partial charge in [0.05, 0.1) is 17.4 Å². The first kappa shape index (κ1) is 16.9. The van der Waals surface area contributed by atoms with E-state index in [0.717, 1.165) is 18.2 Å². The number of likely N-dealkylation sites (tertiary alicyclic amines) is 1. The lowest BCUT2D eigenvalue weighted by Crippen LogP contribution is -2.29. The van der Waals surface area contributed by atoms with Gasteiger partial charge in [-0.3, -0.25) is 9.25 Å². The van der Waals surface area contributed by atoms with Crippen molar-refractivity contribution in [3.8, 4) is 5.69 Å². The zero-order chi connectivity index (χ0) is 18.1. The highest BCUT2D eigenvalue weighted by Gasteiger charge is 2.26. The van der Waals surface area contributed by atoms with E-state index in [0.29, 0.717) is 5.92 Å². The van der Waals surface area contributed by atoms with Gasteiger partial charge in [-0.15, -0.1) is 10.2 Å². The lowest BCUT2D eigenvalue weighted by molar-refractivity contribution is 0.225. The summed E-state index contributed by atoms with van der Waals surface area (Å²) < 4.78 is 4.14. The summed E-state index contributed by atoms with van der Waals surface area (Å²) in [5.41, 5.74) is 2.28.